The number of carbonyl (C=O) groups excluding carboxylic acids is 2. The predicted molar refractivity (Wildman–Crippen MR) is 129 cm³/mol. The first kappa shape index (κ1) is 23.3. The van der Waals surface area contributed by atoms with Crippen LogP contribution in [0.5, 0.6) is 5.75 Å². The number of aliphatic carboxylic acids is 1. The number of benzene rings is 3. The third-order valence-electron chi connectivity index (χ3n) is 5.68. The number of aromatic nitrogens is 1. The van der Waals surface area contributed by atoms with Crippen molar-refractivity contribution in [3.8, 4) is 11.8 Å². The molecule has 0 aliphatic carbocycles. The van der Waals surface area contributed by atoms with Crippen molar-refractivity contribution in [2.24, 2.45) is 0 Å². The number of hydrogen-bond donors (Lipinski definition) is 4. The largest absolute Gasteiger partial charge is 0.508 e. The highest BCUT2D eigenvalue weighted by atomic mass is 16.4. The second kappa shape index (κ2) is 9.97. The summed E-state index contributed by atoms with van der Waals surface area (Å²) in [7, 11) is 0. The maximum absolute atomic E-state index is 13.2. The van der Waals surface area contributed by atoms with Gasteiger partial charge in [0.05, 0.1) is 6.54 Å². The van der Waals surface area contributed by atoms with Gasteiger partial charge >= 0.3 is 5.97 Å². The lowest BCUT2D eigenvalue weighted by Crippen LogP contribution is -2.42. The minimum absolute atomic E-state index is 0.0842. The molecule has 35 heavy (non-hydrogen) atoms. The summed E-state index contributed by atoms with van der Waals surface area (Å²) in [5, 5.41) is 36.5. The standard InChI is InChI=1S/C26H22N4O5/c27-12-23-21-11-18-4-2-1-3-17(18)10-19(21)15-30(23)22(9-16-5-7-20(31)8-6-16)26(35)29-13-24(32)28-14-25(33)34/h1-8,10-11,15,22,31H,9,13-14H2,(H,28,32)(H,29,35)(H,33,34)/t22-/m0/s1. The molecule has 4 rings (SSSR count). The van der Waals surface area contributed by atoms with Gasteiger partial charge < -0.3 is 25.4 Å². The Hall–Kier alpha value is -4.84. The van der Waals surface area contributed by atoms with Gasteiger partial charge in [-0.2, -0.15) is 5.26 Å². The van der Waals surface area contributed by atoms with Crippen molar-refractivity contribution >= 4 is 39.3 Å². The number of nitriles is 1. The Balaban J connectivity index is 1.70. The van der Waals surface area contributed by atoms with Crippen molar-refractivity contribution in [3.63, 3.8) is 0 Å². The lowest BCUT2D eigenvalue weighted by molar-refractivity contribution is -0.137. The summed E-state index contributed by atoms with van der Waals surface area (Å²) in [6, 6.07) is 19.3. The van der Waals surface area contributed by atoms with Crippen LogP contribution in [0.4, 0.5) is 0 Å². The number of carboxylic acids is 1. The number of phenols is 1. The highest BCUT2D eigenvalue weighted by molar-refractivity contribution is 6.01. The van der Waals surface area contributed by atoms with Crippen LogP contribution < -0.4 is 10.6 Å². The lowest BCUT2D eigenvalue weighted by atomic mass is 10.0. The Morgan fingerprint density at radius 1 is 0.943 bits per heavy atom. The van der Waals surface area contributed by atoms with E-state index in [4.69, 9.17) is 5.11 Å². The Morgan fingerprint density at radius 3 is 2.29 bits per heavy atom. The Morgan fingerprint density at radius 2 is 1.63 bits per heavy atom. The molecule has 0 bridgehead atoms. The van der Waals surface area contributed by atoms with Gasteiger partial charge in [0.2, 0.25) is 11.8 Å². The van der Waals surface area contributed by atoms with Crippen LogP contribution in [0, 0.1) is 11.3 Å². The van der Waals surface area contributed by atoms with E-state index in [-0.39, 0.29) is 12.2 Å². The summed E-state index contributed by atoms with van der Waals surface area (Å²) < 4.78 is 1.60. The molecule has 1 aromatic heterocycles. The second-order valence-corrected chi connectivity index (χ2v) is 8.06. The van der Waals surface area contributed by atoms with Crippen LogP contribution in [-0.4, -0.2) is 45.7 Å². The zero-order valence-electron chi connectivity index (χ0n) is 18.6. The van der Waals surface area contributed by atoms with Crippen molar-refractivity contribution in [2.75, 3.05) is 13.1 Å². The van der Waals surface area contributed by atoms with E-state index in [9.17, 15) is 24.8 Å². The minimum Gasteiger partial charge on any atom is -0.508 e. The van der Waals surface area contributed by atoms with E-state index in [1.54, 1.807) is 22.9 Å². The lowest BCUT2D eigenvalue weighted by Gasteiger charge is -2.20. The van der Waals surface area contributed by atoms with E-state index in [1.165, 1.54) is 12.1 Å². The molecule has 0 saturated heterocycles. The number of carbonyl (C=O) groups is 3. The van der Waals surface area contributed by atoms with Crippen LogP contribution in [0.3, 0.4) is 0 Å². The fourth-order valence-corrected chi connectivity index (χ4v) is 3.98. The van der Waals surface area contributed by atoms with Gasteiger partial charge in [-0.05, 0) is 40.6 Å². The summed E-state index contributed by atoms with van der Waals surface area (Å²) in [6.45, 7) is -0.967. The first-order chi connectivity index (χ1) is 16.9. The fourth-order valence-electron chi connectivity index (χ4n) is 3.98. The molecular formula is C26H22N4O5. The normalized spacial score (nSPS) is 11.6. The number of nitrogens with zero attached hydrogens (tertiary/aromatic N) is 2. The quantitative estimate of drug-likeness (QED) is 0.311. The van der Waals surface area contributed by atoms with Crippen molar-refractivity contribution in [3.05, 3.63) is 78.1 Å². The molecule has 0 spiro atoms. The number of phenolic OH excluding ortho intramolecular Hbond substituents is 1. The molecule has 0 aliphatic heterocycles. The molecule has 0 radical (unpaired) electrons. The molecule has 0 fully saturated rings. The first-order valence-electron chi connectivity index (χ1n) is 10.8. The van der Waals surface area contributed by atoms with Gasteiger partial charge in [0.1, 0.15) is 30.1 Å². The summed E-state index contributed by atoms with van der Waals surface area (Å²) in [5.74, 6) is -2.26. The second-order valence-electron chi connectivity index (χ2n) is 8.06. The number of aromatic hydroxyl groups is 1. The van der Waals surface area contributed by atoms with Crippen molar-refractivity contribution in [1.82, 2.24) is 15.2 Å². The van der Waals surface area contributed by atoms with Gasteiger partial charge in [-0.3, -0.25) is 14.4 Å². The van der Waals surface area contributed by atoms with Gasteiger partial charge in [0.25, 0.3) is 0 Å². The number of rotatable bonds is 8. The highest BCUT2D eigenvalue weighted by Gasteiger charge is 2.25. The van der Waals surface area contributed by atoms with Crippen LogP contribution in [0.15, 0.2) is 66.9 Å². The zero-order valence-corrected chi connectivity index (χ0v) is 18.6. The molecule has 2 amide bonds. The number of amides is 2. The summed E-state index contributed by atoms with van der Waals surface area (Å²) in [4.78, 5) is 35.8. The molecule has 0 saturated carbocycles. The number of hydrogen-bond acceptors (Lipinski definition) is 5. The van der Waals surface area contributed by atoms with Crippen LogP contribution in [0.25, 0.3) is 21.5 Å². The average molecular weight is 470 g/mol. The molecule has 9 heteroatoms. The van der Waals surface area contributed by atoms with E-state index in [0.717, 1.165) is 21.7 Å². The first-order valence-corrected chi connectivity index (χ1v) is 10.8. The van der Waals surface area contributed by atoms with Crippen LogP contribution >= 0.6 is 0 Å². The molecule has 4 N–H and O–H groups in total. The Kier molecular flexibility index (Phi) is 6.64. The van der Waals surface area contributed by atoms with Crippen molar-refractivity contribution in [1.29, 1.82) is 5.26 Å². The maximum atomic E-state index is 13.2. The van der Waals surface area contributed by atoms with E-state index in [2.05, 4.69) is 16.7 Å². The van der Waals surface area contributed by atoms with Crippen LogP contribution in [0.1, 0.15) is 17.3 Å². The fraction of sp³-hybridized carbons (Fsp3) is 0.154. The molecular weight excluding hydrogens is 448 g/mol. The molecule has 9 nitrogen and oxygen atoms in total. The van der Waals surface area contributed by atoms with E-state index >= 15 is 0 Å². The smallest absolute Gasteiger partial charge is 0.322 e. The van der Waals surface area contributed by atoms with E-state index < -0.39 is 36.9 Å². The third kappa shape index (κ3) is 5.23. The molecule has 0 unspecified atom stereocenters. The summed E-state index contributed by atoms with van der Waals surface area (Å²) >= 11 is 0. The Labute approximate surface area is 200 Å². The topological polar surface area (TPSA) is 144 Å². The number of nitrogens with one attached hydrogen (secondary N) is 2. The van der Waals surface area contributed by atoms with Gasteiger partial charge in [-0.25, -0.2) is 0 Å². The summed E-state index contributed by atoms with van der Waals surface area (Å²) in [5.41, 5.74) is 1.05. The van der Waals surface area contributed by atoms with E-state index in [1.807, 2.05) is 36.4 Å². The molecule has 3 aromatic carbocycles. The number of carboxylic acid groups (broad SMARTS) is 1. The van der Waals surface area contributed by atoms with Gasteiger partial charge in [0.15, 0.2) is 0 Å². The Bertz CT molecular complexity index is 1470. The maximum Gasteiger partial charge on any atom is 0.322 e. The van der Waals surface area contributed by atoms with Gasteiger partial charge in [-0.15, -0.1) is 0 Å². The minimum atomic E-state index is -1.19. The van der Waals surface area contributed by atoms with Gasteiger partial charge in [0, 0.05) is 23.4 Å². The molecule has 1 heterocycles. The number of fused-ring (bicyclic) bond motifs is 2. The highest BCUT2D eigenvalue weighted by Crippen LogP contribution is 2.30. The SMILES string of the molecule is N#Cc1c2cc3ccccc3cc2cn1[C@@H](Cc1ccc(O)cc1)C(=O)NCC(=O)NCC(=O)O. The molecule has 1 atom stereocenters. The van der Waals surface area contributed by atoms with E-state index in [0.29, 0.717) is 11.1 Å². The molecule has 0 aliphatic rings. The monoisotopic (exact) mass is 470 g/mol. The van der Waals surface area contributed by atoms with Crippen LogP contribution in [-0.2, 0) is 20.8 Å². The predicted octanol–water partition coefficient (Wildman–Crippen LogP) is 2.47. The molecule has 176 valence electrons. The zero-order chi connectivity index (χ0) is 24.9. The van der Waals surface area contributed by atoms with Crippen LogP contribution in [0.2, 0.25) is 0 Å². The average Bonchev–Trinajstić information content (AvgIpc) is 3.21. The summed E-state index contributed by atoms with van der Waals surface area (Å²) in [6.07, 6.45) is 1.94. The van der Waals surface area contributed by atoms with Crippen molar-refractivity contribution in [2.45, 2.75) is 12.5 Å². The molecule has 4 aromatic rings. The van der Waals surface area contributed by atoms with Crippen molar-refractivity contribution < 1.29 is 24.6 Å². The van der Waals surface area contributed by atoms with Gasteiger partial charge in [-0.1, -0.05) is 36.4 Å². The third-order valence-corrected chi connectivity index (χ3v) is 5.68.